The van der Waals surface area contributed by atoms with Gasteiger partial charge in [-0.05, 0) is 36.6 Å². The Morgan fingerprint density at radius 2 is 1.91 bits per heavy atom. The van der Waals surface area contributed by atoms with Crippen molar-refractivity contribution in [1.29, 1.82) is 0 Å². The number of non-ortho nitro benzene ring substituents is 1. The van der Waals surface area contributed by atoms with Gasteiger partial charge < -0.3 is 19.1 Å². The third-order valence-electron chi connectivity index (χ3n) is 5.35. The minimum absolute atomic E-state index is 0.263. The smallest absolute Gasteiger partial charge is 0.420 e. The number of nitro benzene ring substituents is 1. The van der Waals surface area contributed by atoms with Crippen LogP contribution in [-0.4, -0.2) is 42.1 Å². The molecule has 11 heteroatoms. The molecule has 0 N–H and O–H groups in total. The van der Waals surface area contributed by atoms with Crippen molar-refractivity contribution in [2.75, 3.05) is 26.4 Å². The van der Waals surface area contributed by atoms with Crippen molar-refractivity contribution in [3.8, 4) is 17.2 Å². The number of amides is 1. The van der Waals surface area contributed by atoms with Crippen molar-refractivity contribution < 1.29 is 37.1 Å². The number of benzene rings is 2. The quantitative estimate of drug-likeness (QED) is 0.501. The van der Waals surface area contributed by atoms with Gasteiger partial charge in [-0.2, -0.15) is 13.2 Å². The fourth-order valence-corrected chi connectivity index (χ4v) is 3.88. The van der Waals surface area contributed by atoms with Crippen LogP contribution in [0.2, 0.25) is 0 Å². The van der Waals surface area contributed by atoms with Gasteiger partial charge in [-0.1, -0.05) is 6.07 Å². The van der Waals surface area contributed by atoms with Crippen molar-refractivity contribution in [2.45, 2.75) is 25.1 Å². The number of alkyl halides is 3. The van der Waals surface area contributed by atoms with Crippen LogP contribution in [0.3, 0.4) is 0 Å². The number of carbonyl (C=O) groups excluding carboxylic acids is 1. The molecule has 0 spiro atoms. The minimum atomic E-state index is -4.87. The van der Waals surface area contributed by atoms with E-state index in [2.05, 4.69) is 0 Å². The highest BCUT2D eigenvalue weighted by Gasteiger charge is 2.37. The van der Waals surface area contributed by atoms with E-state index in [1.165, 1.54) is 0 Å². The molecule has 2 aromatic carbocycles. The Morgan fingerprint density at radius 3 is 2.62 bits per heavy atom. The fraction of sp³-hybridized carbons (Fsp3) is 0.381. The molecule has 1 saturated heterocycles. The van der Waals surface area contributed by atoms with Crippen LogP contribution in [0.1, 0.15) is 30.0 Å². The van der Waals surface area contributed by atoms with Crippen LogP contribution < -0.4 is 14.2 Å². The Balaban J connectivity index is 1.49. The van der Waals surface area contributed by atoms with Crippen molar-refractivity contribution in [3.05, 3.63) is 57.6 Å². The molecule has 32 heavy (non-hydrogen) atoms. The van der Waals surface area contributed by atoms with Gasteiger partial charge in [0.15, 0.2) is 18.1 Å². The van der Waals surface area contributed by atoms with E-state index >= 15 is 0 Å². The van der Waals surface area contributed by atoms with Gasteiger partial charge in [0, 0.05) is 18.7 Å². The van der Waals surface area contributed by atoms with Crippen LogP contribution in [0, 0.1) is 10.1 Å². The summed E-state index contributed by atoms with van der Waals surface area (Å²) >= 11 is 0. The second kappa shape index (κ2) is 8.56. The standard InChI is InChI=1S/C21H19F3N2O6/c22-21(23,24)15-11-14(26(28)29)4-6-17(15)32-12-20(27)25-7-1-2-16(25)13-3-5-18-19(10-13)31-9-8-30-18/h3-6,10-11,16H,1-2,7-9,12H2. The van der Waals surface area contributed by atoms with Crippen LogP contribution in [0.4, 0.5) is 18.9 Å². The molecule has 2 aromatic rings. The van der Waals surface area contributed by atoms with E-state index in [1.807, 2.05) is 12.1 Å². The van der Waals surface area contributed by atoms with Crippen LogP contribution in [-0.2, 0) is 11.0 Å². The second-order valence-corrected chi connectivity index (χ2v) is 7.37. The first kappa shape index (κ1) is 21.7. The molecule has 0 radical (unpaired) electrons. The summed E-state index contributed by atoms with van der Waals surface area (Å²) in [7, 11) is 0. The molecule has 1 amide bonds. The summed E-state index contributed by atoms with van der Waals surface area (Å²) in [5.41, 5.74) is -1.18. The Bertz CT molecular complexity index is 1040. The zero-order chi connectivity index (χ0) is 22.9. The predicted octanol–water partition coefficient (Wildman–Crippen LogP) is 4.13. The highest BCUT2D eigenvalue weighted by molar-refractivity contribution is 5.78. The Hall–Kier alpha value is -3.50. The lowest BCUT2D eigenvalue weighted by Crippen LogP contribution is -2.34. The van der Waals surface area contributed by atoms with E-state index < -0.39 is 40.6 Å². The lowest BCUT2D eigenvalue weighted by atomic mass is 10.0. The van der Waals surface area contributed by atoms with E-state index in [4.69, 9.17) is 14.2 Å². The third-order valence-corrected chi connectivity index (χ3v) is 5.35. The zero-order valence-electron chi connectivity index (χ0n) is 16.8. The molecule has 1 atom stereocenters. The topological polar surface area (TPSA) is 91.1 Å². The maximum Gasteiger partial charge on any atom is 0.420 e. The Labute approximate surface area is 180 Å². The zero-order valence-corrected chi connectivity index (χ0v) is 16.8. The molecule has 2 heterocycles. The molecule has 1 unspecified atom stereocenters. The second-order valence-electron chi connectivity index (χ2n) is 7.37. The molecule has 4 rings (SSSR count). The average molecular weight is 452 g/mol. The van der Waals surface area contributed by atoms with Crippen molar-refractivity contribution in [1.82, 2.24) is 4.90 Å². The number of halogens is 3. The molecule has 2 aliphatic rings. The SMILES string of the molecule is O=C(COc1ccc([N+](=O)[O-])cc1C(F)(F)F)N1CCCC1c1ccc2c(c1)OCCO2. The summed E-state index contributed by atoms with van der Waals surface area (Å²) in [6, 6.07) is 7.31. The number of hydrogen-bond acceptors (Lipinski definition) is 6. The molecular weight excluding hydrogens is 433 g/mol. The van der Waals surface area contributed by atoms with E-state index in [0.717, 1.165) is 24.1 Å². The highest BCUT2D eigenvalue weighted by atomic mass is 19.4. The molecule has 0 aromatic heterocycles. The number of rotatable bonds is 5. The van der Waals surface area contributed by atoms with Gasteiger partial charge in [0.2, 0.25) is 0 Å². The Morgan fingerprint density at radius 1 is 1.16 bits per heavy atom. The number of fused-ring (bicyclic) bond motifs is 1. The molecule has 2 aliphatic heterocycles. The number of ether oxygens (including phenoxy) is 3. The summed E-state index contributed by atoms with van der Waals surface area (Å²) in [5, 5.41) is 10.8. The first-order chi connectivity index (χ1) is 15.2. The average Bonchev–Trinajstić information content (AvgIpc) is 3.26. The molecule has 0 aliphatic carbocycles. The van der Waals surface area contributed by atoms with Crippen molar-refractivity contribution in [2.24, 2.45) is 0 Å². The molecule has 0 bridgehead atoms. The lowest BCUT2D eigenvalue weighted by Gasteiger charge is -2.27. The molecular formula is C21H19F3N2O6. The molecule has 1 fully saturated rings. The number of nitrogens with zero attached hydrogens (tertiary/aromatic N) is 2. The van der Waals surface area contributed by atoms with Gasteiger partial charge in [0.25, 0.3) is 11.6 Å². The molecule has 170 valence electrons. The Kier molecular flexibility index (Phi) is 5.81. The van der Waals surface area contributed by atoms with E-state index in [-0.39, 0.29) is 6.04 Å². The monoisotopic (exact) mass is 452 g/mol. The predicted molar refractivity (Wildman–Crippen MR) is 105 cm³/mol. The summed E-state index contributed by atoms with van der Waals surface area (Å²) < 4.78 is 56.2. The van der Waals surface area contributed by atoms with Crippen molar-refractivity contribution in [3.63, 3.8) is 0 Å². The van der Waals surface area contributed by atoms with Gasteiger partial charge in [-0.3, -0.25) is 14.9 Å². The maximum atomic E-state index is 13.3. The third kappa shape index (κ3) is 4.41. The van der Waals surface area contributed by atoms with Gasteiger partial charge in [0.1, 0.15) is 24.5 Å². The largest absolute Gasteiger partial charge is 0.486 e. The summed E-state index contributed by atoms with van der Waals surface area (Å²) in [4.78, 5) is 24.2. The molecule has 0 saturated carbocycles. The summed E-state index contributed by atoms with van der Waals surface area (Å²) in [6.07, 6.45) is -3.45. The fourth-order valence-electron chi connectivity index (χ4n) is 3.88. The van der Waals surface area contributed by atoms with Gasteiger partial charge in [-0.15, -0.1) is 0 Å². The van der Waals surface area contributed by atoms with Crippen LogP contribution in [0.5, 0.6) is 17.2 Å². The van der Waals surface area contributed by atoms with E-state index in [1.54, 1.807) is 11.0 Å². The van der Waals surface area contributed by atoms with Gasteiger partial charge in [0.05, 0.1) is 11.0 Å². The molecule has 8 nitrogen and oxygen atoms in total. The summed E-state index contributed by atoms with van der Waals surface area (Å²) in [6.45, 7) is 0.699. The first-order valence-electron chi connectivity index (χ1n) is 9.91. The van der Waals surface area contributed by atoms with Crippen LogP contribution in [0.15, 0.2) is 36.4 Å². The van der Waals surface area contributed by atoms with Gasteiger partial charge >= 0.3 is 6.18 Å². The lowest BCUT2D eigenvalue weighted by molar-refractivity contribution is -0.385. The van der Waals surface area contributed by atoms with E-state index in [0.29, 0.717) is 43.7 Å². The van der Waals surface area contributed by atoms with Gasteiger partial charge in [-0.25, -0.2) is 0 Å². The number of carbonyl (C=O) groups is 1. The number of nitro groups is 1. The number of hydrogen-bond donors (Lipinski definition) is 0. The first-order valence-corrected chi connectivity index (χ1v) is 9.91. The van der Waals surface area contributed by atoms with Crippen LogP contribution in [0.25, 0.3) is 0 Å². The maximum absolute atomic E-state index is 13.3. The van der Waals surface area contributed by atoms with E-state index in [9.17, 15) is 28.1 Å². The summed E-state index contributed by atoms with van der Waals surface area (Å²) in [5.74, 6) is 0.0995. The minimum Gasteiger partial charge on any atom is -0.486 e. The normalized spacial score (nSPS) is 17.8. The van der Waals surface area contributed by atoms with Crippen LogP contribution >= 0.6 is 0 Å². The highest BCUT2D eigenvalue weighted by Crippen LogP contribution is 2.40. The van der Waals surface area contributed by atoms with Crippen molar-refractivity contribution >= 4 is 11.6 Å². The number of likely N-dealkylation sites (tertiary alicyclic amines) is 1.